The Bertz CT molecular complexity index is 828. The SMILES string of the molecule is Clc1cc(Cl)c2c(c1)C=CC2.Clc1cc(Cl)c2c(c1)[C@@H]1O[C@@H]1C2. The van der Waals surface area contributed by atoms with E-state index in [4.69, 9.17) is 51.1 Å². The average Bonchev–Trinajstić information content (AvgIpc) is 2.92. The zero-order valence-corrected chi connectivity index (χ0v) is 15.0. The Morgan fingerprint density at radius 2 is 1.57 bits per heavy atom. The van der Waals surface area contributed by atoms with Gasteiger partial charge < -0.3 is 4.74 Å². The maximum atomic E-state index is 6.02. The fourth-order valence-corrected chi connectivity index (χ4v) is 4.33. The van der Waals surface area contributed by atoms with Crippen LogP contribution in [0.1, 0.15) is 28.4 Å². The first kappa shape index (κ1) is 15.8. The second-order valence-corrected chi connectivity index (χ2v) is 7.50. The molecule has 0 N–H and O–H groups in total. The van der Waals surface area contributed by atoms with Gasteiger partial charge in [0.25, 0.3) is 0 Å². The van der Waals surface area contributed by atoms with Gasteiger partial charge in [-0.3, -0.25) is 0 Å². The Morgan fingerprint density at radius 3 is 2.35 bits per heavy atom. The smallest absolute Gasteiger partial charge is 0.110 e. The largest absolute Gasteiger partial charge is 0.364 e. The van der Waals surface area contributed by atoms with Crippen molar-refractivity contribution in [2.24, 2.45) is 0 Å². The number of hydrogen-bond donors (Lipinski definition) is 0. The maximum absolute atomic E-state index is 6.02. The van der Waals surface area contributed by atoms with Gasteiger partial charge in [0.05, 0.1) is 6.10 Å². The first-order valence-electron chi connectivity index (χ1n) is 7.30. The van der Waals surface area contributed by atoms with Crippen LogP contribution in [-0.2, 0) is 17.6 Å². The molecule has 0 amide bonds. The molecule has 2 atom stereocenters. The van der Waals surface area contributed by atoms with Crippen LogP contribution in [0.5, 0.6) is 0 Å². The summed E-state index contributed by atoms with van der Waals surface area (Å²) < 4.78 is 5.37. The zero-order valence-electron chi connectivity index (χ0n) is 12.0. The monoisotopic (exact) mass is 384 g/mol. The normalized spacial score (nSPS) is 22.1. The van der Waals surface area contributed by atoms with E-state index >= 15 is 0 Å². The number of allylic oxidation sites excluding steroid dienone is 1. The molecule has 2 aromatic rings. The van der Waals surface area contributed by atoms with Crippen LogP contribution in [0.3, 0.4) is 0 Å². The lowest BCUT2D eigenvalue weighted by atomic mass is 10.1. The fourth-order valence-electron chi connectivity index (χ4n) is 3.16. The second kappa shape index (κ2) is 5.98. The van der Waals surface area contributed by atoms with Crippen LogP contribution in [0.2, 0.25) is 20.1 Å². The minimum Gasteiger partial charge on any atom is -0.364 e. The van der Waals surface area contributed by atoms with Crippen molar-refractivity contribution < 1.29 is 4.74 Å². The van der Waals surface area contributed by atoms with Crippen molar-refractivity contribution in [1.29, 1.82) is 0 Å². The quantitative estimate of drug-likeness (QED) is 0.468. The molecule has 1 aliphatic heterocycles. The Kier molecular flexibility index (Phi) is 4.11. The van der Waals surface area contributed by atoms with Crippen molar-refractivity contribution in [2.45, 2.75) is 25.0 Å². The molecule has 2 aliphatic carbocycles. The van der Waals surface area contributed by atoms with Gasteiger partial charge in [0.2, 0.25) is 0 Å². The highest BCUT2D eigenvalue weighted by Gasteiger charge is 2.47. The summed E-state index contributed by atoms with van der Waals surface area (Å²) in [6, 6.07) is 7.48. The molecule has 1 fully saturated rings. The number of fused-ring (bicyclic) bond motifs is 4. The van der Waals surface area contributed by atoms with Crippen LogP contribution < -0.4 is 0 Å². The van der Waals surface area contributed by atoms with Crippen LogP contribution in [0, 0.1) is 0 Å². The molecule has 1 nitrogen and oxygen atoms in total. The van der Waals surface area contributed by atoms with E-state index < -0.39 is 0 Å². The summed E-state index contributed by atoms with van der Waals surface area (Å²) >= 11 is 23.7. The van der Waals surface area contributed by atoms with E-state index in [9.17, 15) is 0 Å². The van der Waals surface area contributed by atoms with E-state index in [1.165, 1.54) is 16.7 Å². The van der Waals surface area contributed by atoms with Gasteiger partial charge in [0.15, 0.2) is 0 Å². The van der Waals surface area contributed by atoms with Crippen molar-refractivity contribution in [3.05, 3.63) is 72.7 Å². The van der Waals surface area contributed by atoms with Gasteiger partial charge in [-0.15, -0.1) is 0 Å². The van der Waals surface area contributed by atoms with Crippen molar-refractivity contribution >= 4 is 52.5 Å². The third kappa shape index (κ3) is 3.01. The minimum absolute atomic E-state index is 0.288. The molecule has 2 aromatic carbocycles. The van der Waals surface area contributed by atoms with Crippen molar-refractivity contribution in [2.75, 3.05) is 0 Å². The van der Waals surface area contributed by atoms with Crippen LogP contribution >= 0.6 is 46.4 Å². The molecule has 0 bridgehead atoms. The van der Waals surface area contributed by atoms with E-state index in [0.29, 0.717) is 16.1 Å². The lowest BCUT2D eigenvalue weighted by Crippen LogP contribution is -1.90. The lowest BCUT2D eigenvalue weighted by Gasteiger charge is -2.04. The molecule has 3 aliphatic rings. The van der Waals surface area contributed by atoms with E-state index in [1.54, 1.807) is 12.1 Å². The van der Waals surface area contributed by atoms with Crippen molar-refractivity contribution in [3.8, 4) is 0 Å². The zero-order chi connectivity index (χ0) is 16.1. The van der Waals surface area contributed by atoms with Gasteiger partial charge in [-0.25, -0.2) is 0 Å². The number of halogens is 4. The Balaban J connectivity index is 0.000000118. The summed E-state index contributed by atoms with van der Waals surface area (Å²) in [5.74, 6) is 0. The number of ether oxygens (including phenoxy) is 1. The van der Waals surface area contributed by atoms with Gasteiger partial charge >= 0.3 is 0 Å². The molecule has 5 heteroatoms. The molecule has 0 spiro atoms. The van der Waals surface area contributed by atoms with Crippen LogP contribution in [-0.4, -0.2) is 6.10 Å². The van der Waals surface area contributed by atoms with Crippen LogP contribution in [0.25, 0.3) is 6.08 Å². The summed E-state index contributed by atoms with van der Waals surface area (Å²) in [7, 11) is 0. The van der Waals surface area contributed by atoms with E-state index in [1.807, 2.05) is 18.2 Å². The lowest BCUT2D eigenvalue weighted by molar-refractivity contribution is 0.361. The molecule has 0 radical (unpaired) electrons. The molecule has 0 aromatic heterocycles. The van der Waals surface area contributed by atoms with E-state index in [-0.39, 0.29) is 6.10 Å². The topological polar surface area (TPSA) is 12.5 Å². The standard InChI is InChI=1S/C9H6Cl2O.C9H6Cl2/c10-4-1-6-5(7(11)2-4)3-8-9(6)12-8;10-7-4-6-2-1-3-8(6)9(11)5-7/h1-2,8-9H,3H2;1-2,4-5H,3H2/t8-,9+;/m1./s1. The van der Waals surface area contributed by atoms with E-state index in [2.05, 4.69) is 6.08 Å². The highest BCUT2D eigenvalue weighted by Crippen LogP contribution is 2.51. The molecule has 5 rings (SSSR count). The fraction of sp³-hybridized carbons (Fsp3) is 0.222. The first-order valence-corrected chi connectivity index (χ1v) is 8.82. The third-order valence-electron chi connectivity index (χ3n) is 4.30. The number of hydrogen-bond acceptors (Lipinski definition) is 1. The number of rotatable bonds is 0. The molecule has 118 valence electrons. The Morgan fingerprint density at radius 1 is 0.870 bits per heavy atom. The maximum Gasteiger partial charge on any atom is 0.110 e. The molecule has 0 unspecified atom stereocenters. The summed E-state index contributed by atoms with van der Waals surface area (Å²) in [5, 5.41) is 2.97. The molecule has 1 heterocycles. The summed E-state index contributed by atoms with van der Waals surface area (Å²) in [4.78, 5) is 0. The van der Waals surface area contributed by atoms with Crippen molar-refractivity contribution in [1.82, 2.24) is 0 Å². The van der Waals surface area contributed by atoms with Crippen molar-refractivity contribution in [3.63, 3.8) is 0 Å². The number of benzene rings is 2. The van der Waals surface area contributed by atoms with Gasteiger partial charge in [-0.1, -0.05) is 58.6 Å². The van der Waals surface area contributed by atoms with Crippen LogP contribution in [0.15, 0.2) is 30.3 Å². The molecule has 23 heavy (non-hydrogen) atoms. The Labute approximate surface area is 154 Å². The van der Waals surface area contributed by atoms with Gasteiger partial charge in [-0.2, -0.15) is 0 Å². The van der Waals surface area contributed by atoms with Gasteiger partial charge in [0.1, 0.15) is 6.10 Å². The molecular formula is C18H12Cl4O. The predicted molar refractivity (Wildman–Crippen MR) is 97.0 cm³/mol. The second-order valence-electron chi connectivity index (χ2n) is 5.82. The highest BCUT2D eigenvalue weighted by molar-refractivity contribution is 6.36. The molecule has 0 saturated carbocycles. The van der Waals surface area contributed by atoms with Crippen LogP contribution in [0.4, 0.5) is 0 Å². The molecular weight excluding hydrogens is 374 g/mol. The summed E-state index contributed by atoms with van der Waals surface area (Å²) in [6.45, 7) is 0. The average molecular weight is 386 g/mol. The van der Waals surface area contributed by atoms with E-state index in [0.717, 1.165) is 28.5 Å². The Hall–Kier alpha value is -0.700. The predicted octanol–water partition coefficient (Wildman–Crippen LogP) is 6.55. The first-order chi connectivity index (χ1) is 11.0. The minimum atomic E-state index is 0.288. The van der Waals surface area contributed by atoms with Gasteiger partial charge in [-0.05, 0) is 52.9 Å². The highest BCUT2D eigenvalue weighted by atomic mass is 35.5. The summed E-state index contributed by atoms with van der Waals surface area (Å²) in [6.07, 6.45) is 6.70. The summed E-state index contributed by atoms with van der Waals surface area (Å²) in [5.41, 5.74) is 4.76. The third-order valence-corrected chi connectivity index (χ3v) is 5.41. The van der Waals surface area contributed by atoms with Gasteiger partial charge in [0, 0.05) is 26.5 Å². The number of epoxide rings is 1. The molecule has 1 saturated heterocycles.